The van der Waals surface area contributed by atoms with Crippen LogP contribution in [0.15, 0.2) is 0 Å². The fraction of sp³-hybridized carbons (Fsp3) is 0.846. The van der Waals surface area contributed by atoms with Crippen LogP contribution in [0.1, 0.15) is 27.7 Å². The van der Waals surface area contributed by atoms with Gasteiger partial charge in [-0.2, -0.15) is 5.26 Å². The van der Waals surface area contributed by atoms with Crippen molar-refractivity contribution >= 4 is 5.91 Å². The highest BCUT2D eigenvalue weighted by atomic mass is 16.1. The Morgan fingerprint density at radius 2 is 1.94 bits per heavy atom. The van der Waals surface area contributed by atoms with Gasteiger partial charge in [0.05, 0.1) is 6.07 Å². The van der Waals surface area contributed by atoms with E-state index in [1.54, 1.807) is 0 Å². The fourth-order valence-corrected chi connectivity index (χ4v) is 1.86. The fourth-order valence-electron chi connectivity index (χ4n) is 1.86. The summed E-state index contributed by atoms with van der Waals surface area (Å²) in [6.45, 7) is 9.46. The summed E-state index contributed by atoms with van der Waals surface area (Å²) in [6, 6.07) is 2.06. The summed E-state index contributed by atoms with van der Waals surface area (Å²) in [5.41, 5.74) is 0.0101. The first kappa shape index (κ1) is 15.9. The molecule has 0 aromatic carbocycles. The number of hydrogen-bond acceptors (Lipinski definition) is 3. The quantitative estimate of drug-likeness (QED) is 0.764. The van der Waals surface area contributed by atoms with Crippen LogP contribution in [0, 0.1) is 28.6 Å². The van der Waals surface area contributed by atoms with Crippen LogP contribution in [0.4, 0.5) is 0 Å². The first-order valence-electron chi connectivity index (χ1n) is 6.01. The molecule has 0 aliphatic carbocycles. The maximum atomic E-state index is 11.8. The Bertz CT molecular complexity index is 290. The molecule has 0 heterocycles. The zero-order valence-electron chi connectivity index (χ0n) is 11.9. The van der Waals surface area contributed by atoms with E-state index in [1.165, 1.54) is 0 Å². The largest absolute Gasteiger partial charge is 0.354 e. The minimum absolute atomic E-state index is 0.0101. The summed E-state index contributed by atoms with van der Waals surface area (Å²) in [6.07, 6.45) is 0. The molecule has 0 bridgehead atoms. The van der Waals surface area contributed by atoms with E-state index < -0.39 is 5.92 Å². The van der Waals surface area contributed by atoms with Crippen molar-refractivity contribution in [2.45, 2.75) is 27.7 Å². The topological polar surface area (TPSA) is 56.1 Å². The smallest absolute Gasteiger partial charge is 0.237 e. The SMILES string of the molecule is CC(C)C(C#N)C(=O)NCC(C)(C)CN(C)C. The van der Waals surface area contributed by atoms with Gasteiger partial charge in [-0.3, -0.25) is 4.79 Å². The molecule has 1 amide bonds. The first-order valence-corrected chi connectivity index (χ1v) is 6.01. The van der Waals surface area contributed by atoms with Crippen LogP contribution < -0.4 is 5.32 Å². The van der Waals surface area contributed by atoms with Crippen molar-refractivity contribution in [3.05, 3.63) is 0 Å². The number of nitrogens with zero attached hydrogens (tertiary/aromatic N) is 2. The van der Waals surface area contributed by atoms with E-state index in [0.717, 1.165) is 6.54 Å². The lowest BCUT2D eigenvalue weighted by molar-refractivity contribution is -0.124. The minimum Gasteiger partial charge on any atom is -0.354 e. The van der Waals surface area contributed by atoms with Crippen LogP contribution in [-0.2, 0) is 4.79 Å². The normalized spacial score (nSPS) is 13.6. The van der Waals surface area contributed by atoms with Crippen molar-refractivity contribution in [1.29, 1.82) is 5.26 Å². The third-order valence-electron chi connectivity index (χ3n) is 2.57. The van der Waals surface area contributed by atoms with Gasteiger partial charge in [0, 0.05) is 13.1 Å². The van der Waals surface area contributed by atoms with E-state index in [1.807, 2.05) is 27.9 Å². The van der Waals surface area contributed by atoms with Crippen molar-refractivity contribution in [2.24, 2.45) is 17.3 Å². The number of nitriles is 1. The van der Waals surface area contributed by atoms with E-state index in [2.05, 4.69) is 30.1 Å². The standard InChI is InChI=1S/C13H25N3O/c1-10(2)11(7-14)12(17)15-8-13(3,4)9-16(5)6/h10-11H,8-9H2,1-6H3,(H,15,17). The van der Waals surface area contributed by atoms with Gasteiger partial charge in [0.1, 0.15) is 5.92 Å². The predicted molar refractivity (Wildman–Crippen MR) is 69.3 cm³/mol. The molecule has 17 heavy (non-hydrogen) atoms. The number of carbonyl (C=O) groups is 1. The van der Waals surface area contributed by atoms with Gasteiger partial charge < -0.3 is 10.2 Å². The lowest BCUT2D eigenvalue weighted by Gasteiger charge is -2.29. The molecule has 0 aromatic rings. The molecule has 1 N–H and O–H groups in total. The summed E-state index contributed by atoms with van der Waals surface area (Å²) < 4.78 is 0. The second-order valence-corrected chi connectivity index (χ2v) is 5.97. The van der Waals surface area contributed by atoms with E-state index in [9.17, 15) is 4.79 Å². The average molecular weight is 239 g/mol. The molecule has 0 radical (unpaired) electrons. The number of rotatable bonds is 6. The molecule has 0 saturated carbocycles. The van der Waals surface area contributed by atoms with Crippen molar-refractivity contribution < 1.29 is 4.79 Å². The van der Waals surface area contributed by atoms with E-state index in [-0.39, 0.29) is 17.2 Å². The Labute approximate surface area is 105 Å². The summed E-state index contributed by atoms with van der Waals surface area (Å²) in [5.74, 6) is -0.656. The van der Waals surface area contributed by atoms with Crippen molar-refractivity contribution in [2.75, 3.05) is 27.2 Å². The molecule has 0 aromatic heterocycles. The highest BCUT2D eigenvalue weighted by Crippen LogP contribution is 2.15. The van der Waals surface area contributed by atoms with Crippen molar-refractivity contribution in [3.63, 3.8) is 0 Å². The predicted octanol–water partition coefficient (Wildman–Crippen LogP) is 1.49. The van der Waals surface area contributed by atoms with Crippen LogP contribution in [0.25, 0.3) is 0 Å². The molecule has 0 aliphatic heterocycles. The van der Waals surface area contributed by atoms with Gasteiger partial charge >= 0.3 is 0 Å². The number of carbonyl (C=O) groups excluding carboxylic acids is 1. The van der Waals surface area contributed by atoms with Crippen LogP contribution in [-0.4, -0.2) is 38.0 Å². The third kappa shape index (κ3) is 6.28. The third-order valence-corrected chi connectivity index (χ3v) is 2.57. The maximum Gasteiger partial charge on any atom is 0.237 e. The lowest BCUT2D eigenvalue weighted by Crippen LogP contribution is -2.42. The van der Waals surface area contributed by atoms with Gasteiger partial charge in [-0.15, -0.1) is 0 Å². The second-order valence-electron chi connectivity index (χ2n) is 5.97. The van der Waals surface area contributed by atoms with Gasteiger partial charge in [0.2, 0.25) is 5.91 Å². The van der Waals surface area contributed by atoms with Crippen LogP contribution >= 0.6 is 0 Å². The van der Waals surface area contributed by atoms with E-state index in [4.69, 9.17) is 5.26 Å². The second kappa shape index (κ2) is 6.61. The highest BCUT2D eigenvalue weighted by molar-refractivity contribution is 5.81. The lowest BCUT2D eigenvalue weighted by atomic mass is 9.91. The van der Waals surface area contributed by atoms with Crippen molar-refractivity contribution in [3.8, 4) is 6.07 Å². The van der Waals surface area contributed by atoms with Crippen LogP contribution in [0.2, 0.25) is 0 Å². The Kier molecular flexibility index (Phi) is 6.19. The summed E-state index contributed by atoms with van der Waals surface area (Å²) in [7, 11) is 4.02. The molecule has 0 saturated heterocycles. The summed E-state index contributed by atoms with van der Waals surface area (Å²) in [4.78, 5) is 13.9. The molecule has 98 valence electrons. The molecule has 0 fully saturated rings. The zero-order valence-corrected chi connectivity index (χ0v) is 11.9. The molecule has 0 spiro atoms. The van der Waals surface area contributed by atoms with E-state index in [0.29, 0.717) is 6.54 Å². The summed E-state index contributed by atoms with van der Waals surface area (Å²) >= 11 is 0. The maximum absolute atomic E-state index is 11.8. The Morgan fingerprint density at radius 3 is 2.29 bits per heavy atom. The molecular weight excluding hydrogens is 214 g/mol. The molecule has 1 unspecified atom stereocenters. The van der Waals surface area contributed by atoms with Crippen LogP contribution in [0.5, 0.6) is 0 Å². The molecule has 1 atom stereocenters. The Morgan fingerprint density at radius 1 is 1.41 bits per heavy atom. The Balaban J connectivity index is 4.29. The van der Waals surface area contributed by atoms with E-state index >= 15 is 0 Å². The zero-order chi connectivity index (χ0) is 13.6. The number of hydrogen-bond donors (Lipinski definition) is 1. The average Bonchev–Trinajstić information content (AvgIpc) is 2.13. The molecular formula is C13H25N3O. The Hall–Kier alpha value is -1.08. The molecule has 0 rings (SSSR count). The minimum atomic E-state index is -0.551. The summed E-state index contributed by atoms with van der Waals surface area (Å²) in [5, 5.41) is 11.8. The molecule has 0 aliphatic rings. The molecule has 4 heteroatoms. The van der Waals surface area contributed by atoms with Gasteiger partial charge in [0.25, 0.3) is 0 Å². The number of nitrogens with one attached hydrogen (secondary N) is 1. The van der Waals surface area contributed by atoms with Crippen molar-refractivity contribution in [1.82, 2.24) is 10.2 Å². The van der Waals surface area contributed by atoms with Gasteiger partial charge in [0.15, 0.2) is 0 Å². The first-order chi connectivity index (χ1) is 7.69. The highest BCUT2D eigenvalue weighted by Gasteiger charge is 2.25. The van der Waals surface area contributed by atoms with Gasteiger partial charge in [-0.05, 0) is 25.4 Å². The van der Waals surface area contributed by atoms with Gasteiger partial charge in [-0.25, -0.2) is 0 Å². The van der Waals surface area contributed by atoms with Gasteiger partial charge in [-0.1, -0.05) is 27.7 Å². The monoisotopic (exact) mass is 239 g/mol. The number of amides is 1. The molecule has 4 nitrogen and oxygen atoms in total. The van der Waals surface area contributed by atoms with Crippen LogP contribution in [0.3, 0.4) is 0 Å².